The molecule has 6 heteroatoms. The van der Waals surface area contributed by atoms with Gasteiger partial charge < -0.3 is 14.4 Å². The van der Waals surface area contributed by atoms with Crippen LogP contribution in [0.15, 0.2) is 24.3 Å². The molecule has 27 heavy (non-hydrogen) atoms. The van der Waals surface area contributed by atoms with E-state index in [-0.39, 0.29) is 5.97 Å². The number of ether oxygens (including phenoxy) is 2. The van der Waals surface area contributed by atoms with Gasteiger partial charge in [0, 0.05) is 12.6 Å². The summed E-state index contributed by atoms with van der Waals surface area (Å²) >= 11 is 0. The van der Waals surface area contributed by atoms with Crippen molar-refractivity contribution in [1.29, 1.82) is 0 Å². The van der Waals surface area contributed by atoms with Crippen LogP contribution >= 0.6 is 0 Å². The van der Waals surface area contributed by atoms with Crippen molar-refractivity contribution in [2.24, 2.45) is 0 Å². The Bertz CT molecular complexity index is 633. The van der Waals surface area contributed by atoms with E-state index >= 15 is 0 Å². The van der Waals surface area contributed by atoms with Crippen molar-refractivity contribution < 1.29 is 19.1 Å². The molecule has 6 nitrogen and oxygen atoms in total. The molecule has 0 saturated heterocycles. The molecule has 0 radical (unpaired) electrons. The summed E-state index contributed by atoms with van der Waals surface area (Å²) in [5.74, 6) is -0.228. The summed E-state index contributed by atoms with van der Waals surface area (Å²) in [5, 5.41) is 2.87. The van der Waals surface area contributed by atoms with Crippen molar-refractivity contribution in [3.63, 3.8) is 0 Å². The second-order valence-electron chi connectivity index (χ2n) is 7.96. The van der Waals surface area contributed by atoms with E-state index in [1.54, 1.807) is 0 Å². The van der Waals surface area contributed by atoms with Crippen molar-refractivity contribution in [1.82, 2.24) is 0 Å². The molecule has 0 spiro atoms. The van der Waals surface area contributed by atoms with Crippen LogP contribution < -0.4 is 10.2 Å². The van der Waals surface area contributed by atoms with E-state index in [0.29, 0.717) is 24.7 Å². The molecule has 1 aliphatic carbocycles. The fourth-order valence-electron chi connectivity index (χ4n) is 3.45. The lowest BCUT2D eigenvalue weighted by Gasteiger charge is -2.37. The van der Waals surface area contributed by atoms with Crippen molar-refractivity contribution in [3.8, 4) is 0 Å². The minimum Gasteiger partial charge on any atom is -0.469 e. The summed E-state index contributed by atoms with van der Waals surface area (Å²) < 4.78 is 10.2. The van der Waals surface area contributed by atoms with E-state index < -0.39 is 11.7 Å². The van der Waals surface area contributed by atoms with E-state index in [9.17, 15) is 9.59 Å². The lowest BCUT2D eigenvalue weighted by molar-refractivity contribution is -0.140. The minimum absolute atomic E-state index is 0.228. The first-order chi connectivity index (χ1) is 12.8. The zero-order valence-corrected chi connectivity index (χ0v) is 16.9. The number of carbonyl (C=O) groups is 2. The van der Waals surface area contributed by atoms with Gasteiger partial charge in [0.25, 0.3) is 0 Å². The van der Waals surface area contributed by atoms with E-state index in [2.05, 4.69) is 10.2 Å². The van der Waals surface area contributed by atoms with Crippen LogP contribution in [0.1, 0.15) is 59.3 Å². The number of esters is 1. The second-order valence-corrected chi connectivity index (χ2v) is 7.96. The summed E-state index contributed by atoms with van der Waals surface area (Å²) in [6, 6.07) is 8.04. The summed E-state index contributed by atoms with van der Waals surface area (Å²) in [6.45, 7) is 6.07. The number of anilines is 2. The number of hydrogen-bond acceptors (Lipinski definition) is 5. The van der Waals surface area contributed by atoms with Crippen molar-refractivity contribution in [3.05, 3.63) is 24.3 Å². The zero-order chi connectivity index (χ0) is 19.9. The molecular formula is C21H32N2O4. The molecule has 1 amide bonds. The SMILES string of the molecule is COC(=O)CCN(c1ccccc1NC(=O)OC(C)(C)C)C1CCCCC1. The number of nitrogens with one attached hydrogen (secondary N) is 1. The van der Waals surface area contributed by atoms with Gasteiger partial charge in [-0.1, -0.05) is 31.4 Å². The summed E-state index contributed by atoms with van der Waals surface area (Å²) in [4.78, 5) is 26.2. The lowest BCUT2D eigenvalue weighted by Crippen LogP contribution is -2.39. The Morgan fingerprint density at radius 2 is 1.81 bits per heavy atom. The van der Waals surface area contributed by atoms with Gasteiger partial charge in [-0.3, -0.25) is 10.1 Å². The van der Waals surface area contributed by atoms with E-state index in [1.807, 2.05) is 45.0 Å². The fraction of sp³-hybridized carbons (Fsp3) is 0.619. The highest BCUT2D eigenvalue weighted by atomic mass is 16.6. The van der Waals surface area contributed by atoms with Crippen molar-refractivity contribution in [2.75, 3.05) is 23.9 Å². The highest BCUT2D eigenvalue weighted by molar-refractivity contribution is 5.90. The average Bonchev–Trinajstić information content (AvgIpc) is 2.62. The van der Waals surface area contributed by atoms with Gasteiger partial charge >= 0.3 is 12.1 Å². The van der Waals surface area contributed by atoms with Gasteiger partial charge in [-0.15, -0.1) is 0 Å². The number of carbonyl (C=O) groups excluding carboxylic acids is 2. The quantitative estimate of drug-likeness (QED) is 0.727. The van der Waals surface area contributed by atoms with Gasteiger partial charge in [0.05, 0.1) is 24.9 Å². The van der Waals surface area contributed by atoms with Crippen molar-refractivity contribution >= 4 is 23.4 Å². The Kier molecular flexibility index (Phi) is 7.51. The van der Waals surface area contributed by atoms with Gasteiger partial charge in [0.2, 0.25) is 0 Å². The highest BCUT2D eigenvalue weighted by Gasteiger charge is 2.25. The number of para-hydroxylation sites is 2. The number of hydrogen-bond donors (Lipinski definition) is 1. The minimum atomic E-state index is -0.563. The van der Waals surface area contributed by atoms with Crippen LogP contribution in [-0.4, -0.2) is 37.4 Å². The Morgan fingerprint density at radius 1 is 1.15 bits per heavy atom. The second kappa shape index (κ2) is 9.62. The molecule has 150 valence electrons. The van der Waals surface area contributed by atoms with Gasteiger partial charge in [-0.25, -0.2) is 4.79 Å². The van der Waals surface area contributed by atoms with E-state index in [1.165, 1.54) is 26.4 Å². The number of amides is 1. The number of nitrogens with zero attached hydrogens (tertiary/aromatic N) is 1. The Labute approximate surface area is 162 Å². The van der Waals surface area contributed by atoms with Crippen LogP contribution in [0.3, 0.4) is 0 Å². The predicted octanol–water partition coefficient (Wildman–Crippen LogP) is 4.74. The number of rotatable bonds is 6. The third kappa shape index (κ3) is 6.77. The largest absolute Gasteiger partial charge is 0.469 e. The standard InChI is InChI=1S/C21H32N2O4/c1-21(2,3)27-20(25)22-17-12-8-9-13-18(17)23(15-14-19(24)26-4)16-10-6-5-7-11-16/h8-9,12-13,16H,5-7,10-11,14-15H2,1-4H3,(H,22,25). The molecule has 0 aliphatic heterocycles. The first-order valence-corrected chi connectivity index (χ1v) is 9.72. The number of methoxy groups -OCH3 is 1. The van der Waals surface area contributed by atoms with Crippen LogP contribution in [0.4, 0.5) is 16.2 Å². The molecule has 0 unspecified atom stereocenters. The molecule has 1 saturated carbocycles. The Balaban J connectivity index is 2.22. The first kappa shape index (κ1) is 21.1. The lowest BCUT2D eigenvalue weighted by atomic mass is 9.93. The maximum atomic E-state index is 12.3. The predicted molar refractivity (Wildman–Crippen MR) is 107 cm³/mol. The zero-order valence-electron chi connectivity index (χ0n) is 16.9. The molecule has 1 aliphatic rings. The molecule has 1 fully saturated rings. The van der Waals surface area contributed by atoms with Gasteiger partial charge in [0.15, 0.2) is 0 Å². The summed E-state index contributed by atoms with van der Waals surface area (Å²) in [6.07, 6.45) is 5.62. The van der Waals surface area contributed by atoms with Gasteiger partial charge in [-0.05, 0) is 45.7 Å². The molecule has 1 N–H and O–H groups in total. The molecule has 0 aromatic heterocycles. The van der Waals surface area contributed by atoms with Crippen LogP contribution in [0.5, 0.6) is 0 Å². The Morgan fingerprint density at radius 3 is 2.44 bits per heavy atom. The summed E-state index contributed by atoms with van der Waals surface area (Å²) in [7, 11) is 1.41. The monoisotopic (exact) mass is 376 g/mol. The molecule has 0 atom stereocenters. The normalized spacial score (nSPS) is 15.1. The summed E-state index contributed by atoms with van der Waals surface area (Å²) in [5.41, 5.74) is 1.05. The molecule has 2 rings (SSSR count). The maximum absolute atomic E-state index is 12.3. The fourth-order valence-corrected chi connectivity index (χ4v) is 3.45. The molecule has 0 bridgehead atoms. The topological polar surface area (TPSA) is 67.9 Å². The molecular weight excluding hydrogens is 344 g/mol. The maximum Gasteiger partial charge on any atom is 0.412 e. The molecule has 1 aromatic carbocycles. The van der Waals surface area contributed by atoms with E-state index in [4.69, 9.17) is 9.47 Å². The van der Waals surface area contributed by atoms with Crippen molar-refractivity contribution in [2.45, 2.75) is 70.9 Å². The third-order valence-corrected chi connectivity index (χ3v) is 4.65. The van der Waals surface area contributed by atoms with Crippen LogP contribution in [0, 0.1) is 0 Å². The Hall–Kier alpha value is -2.24. The molecule has 0 heterocycles. The van der Waals surface area contributed by atoms with E-state index in [0.717, 1.165) is 18.5 Å². The third-order valence-electron chi connectivity index (χ3n) is 4.65. The van der Waals surface area contributed by atoms with Crippen LogP contribution in [0.25, 0.3) is 0 Å². The average molecular weight is 376 g/mol. The van der Waals surface area contributed by atoms with Gasteiger partial charge in [-0.2, -0.15) is 0 Å². The highest BCUT2D eigenvalue weighted by Crippen LogP contribution is 2.33. The first-order valence-electron chi connectivity index (χ1n) is 9.72. The smallest absolute Gasteiger partial charge is 0.412 e. The van der Waals surface area contributed by atoms with Crippen LogP contribution in [-0.2, 0) is 14.3 Å². The van der Waals surface area contributed by atoms with Crippen LogP contribution in [0.2, 0.25) is 0 Å². The number of benzene rings is 1. The molecule has 1 aromatic rings. The van der Waals surface area contributed by atoms with Gasteiger partial charge in [0.1, 0.15) is 5.60 Å².